The maximum absolute atomic E-state index is 12.9. The Balaban J connectivity index is 1.56. The van der Waals surface area contributed by atoms with Gasteiger partial charge < -0.3 is 9.80 Å². The normalized spacial score (nSPS) is 18.3. The van der Waals surface area contributed by atoms with Crippen molar-refractivity contribution in [3.8, 4) is 6.07 Å². The maximum atomic E-state index is 12.9. The third-order valence-corrected chi connectivity index (χ3v) is 6.86. The lowest BCUT2D eigenvalue weighted by molar-refractivity contribution is -0.135. The first-order chi connectivity index (χ1) is 13.7. The van der Waals surface area contributed by atoms with Crippen molar-refractivity contribution in [3.05, 3.63) is 35.5 Å². The molecule has 0 N–H and O–H groups in total. The van der Waals surface area contributed by atoms with Crippen LogP contribution in [0.25, 0.3) is 10.9 Å². The fraction of sp³-hybridized carbons (Fsp3) is 0.500. The maximum Gasteiger partial charge on any atom is 0.225 e. The van der Waals surface area contributed by atoms with Crippen LogP contribution >= 0.6 is 11.8 Å². The topological polar surface area (TPSA) is 60.2 Å². The first kappa shape index (κ1) is 19.1. The standard InChI is InChI=1S/C22H26N4OS/c1-2-16-3-4-20-19(13-16)21(18(14-23)15-24-20)25-7-5-17(6-8-25)22(27)26-9-11-28-12-10-26/h3-4,13,15,17H,2,5-12H2,1H3. The van der Waals surface area contributed by atoms with E-state index in [1.807, 2.05) is 22.7 Å². The molecule has 2 fully saturated rings. The number of fused-ring (bicyclic) bond motifs is 1. The number of nitriles is 1. The number of aromatic nitrogens is 1. The third-order valence-electron chi connectivity index (χ3n) is 5.92. The Morgan fingerprint density at radius 1 is 1.25 bits per heavy atom. The zero-order valence-electron chi connectivity index (χ0n) is 16.4. The van der Waals surface area contributed by atoms with Gasteiger partial charge >= 0.3 is 0 Å². The Morgan fingerprint density at radius 3 is 2.68 bits per heavy atom. The van der Waals surface area contributed by atoms with Crippen molar-refractivity contribution < 1.29 is 4.79 Å². The first-order valence-corrected chi connectivity index (χ1v) is 11.3. The van der Waals surface area contributed by atoms with Crippen LogP contribution in [0.15, 0.2) is 24.4 Å². The number of carbonyl (C=O) groups is 1. The third kappa shape index (κ3) is 3.68. The van der Waals surface area contributed by atoms with Gasteiger partial charge in [-0.1, -0.05) is 13.0 Å². The number of aryl methyl sites for hydroxylation is 1. The van der Waals surface area contributed by atoms with Gasteiger partial charge in [-0.15, -0.1) is 0 Å². The summed E-state index contributed by atoms with van der Waals surface area (Å²) >= 11 is 1.93. The van der Waals surface area contributed by atoms with E-state index >= 15 is 0 Å². The van der Waals surface area contributed by atoms with Gasteiger partial charge in [-0.25, -0.2) is 0 Å². The lowest BCUT2D eigenvalue weighted by Crippen LogP contribution is -2.45. The van der Waals surface area contributed by atoms with Gasteiger partial charge in [0.1, 0.15) is 6.07 Å². The molecule has 0 saturated carbocycles. The summed E-state index contributed by atoms with van der Waals surface area (Å²) in [5, 5.41) is 10.7. The summed E-state index contributed by atoms with van der Waals surface area (Å²) in [7, 11) is 0. The number of benzene rings is 1. The number of amides is 1. The number of thioether (sulfide) groups is 1. The Labute approximate surface area is 170 Å². The van der Waals surface area contributed by atoms with Crippen LogP contribution in [-0.4, -0.2) is 53.5 Å². The van der Waals surface area contributed by atoms with E-state index in [4.69, 9.17) is 0 Å². The van der Waals surface area contributed by atoms with Gasteiger partial charge in [0.25, 0.3) is 0 Å². The predicted octanol–water partition coefficient (Wildman–Crippen LogP) is 3.46. The van der Waals surface area contributed by atoms with Crippen LogP contribution in [0, 0.1) is 17.2 Å². The minimum absolute atomic E-state index is 0.115. The van der Waals surface area contributed by atoms with Crippen LogP contribution in [0.4, 0.5) is 5.69 Å². The van der Waals surface area contributed by atoms with Crippen LogP contribution < -0.4 is 4.90 Å². The van der Waals surface area contributed by atoms with Crippen LogP contribution in [0.3, 0.4) is 0 Å². The van der Waals surface area contributed by atoms with Gasteiger partial charge in [-0.05, 0) is 37.0 Å². The number of rotatable bonds is 3. The zero-order chi connectivity index (χ0) is 19.5. The summed E-state index contributed by atoms with van der Waals surface area (Å²) in [4.78, 5) is 21.7. The van der Waals surface area contributed by atoms with E-state index < -0.39 is 0 Å². The lowest BCUT2D eigenvalue weighted by Gasteiger charge is -2.37. The largest absolute Gasteiger partial charge is 0.370 e. The Morgan fingerprint density at radius 2 is 2.00 bits per heavy atom. The van der Waals surface area contributed by atoms with E-state index in [2.05, 4.69) is 35.0 Å². The molecule has 3 heterocycles. The molecular formula is C22H26N4OS. The zero-order valence-corrected chi connectivity index (χ0v) is 17.2. The molecule has 1 aromatic heterocycles. The van der Waals surface area contributed by atoms with Gasteiger partial charge in [0.2, 0.25) is 5.91 Å². The number of piperidine rings is 1. The molecule has 5 nitrogen and oxygen atoms in total. The summed E-state index contributed by atoms with van der Waals surface area (Å²) in [5.74, 6) is 2.55. The van der Waals surface area contributed by atoms with Crippen molar-refractivity contribution >= 4 is 34.3 Å². The highest BCUT2D eigenvalue weighted by molar-refractivity contribution is 7.99. The van der Waals surface area contributed by atoms with Gasteiger partial charge in [0.05, 0.1) is 16.8 Å². The molecule has 2 saturated heterocycles. The molecule has 0 aliphatic carbocycles. The van der Waals surface area contributed by atoms with Crippen molar-refractivity contribution in [2.75, 3.05) is 42.6 Å². The average Bonchev–Trinajstić information content (AvgIpc) is 2.78. The summed E-state index contributed by atoms with van der Waals surface area (Å²) in [6.45, 7) is 5.53. The Kier molecular flexibility index (Phi) is 5.72. The molecule has 146 valence electrons. The summed E-state index contributed by atoms with van der Waals surface area (Å²) < 4.78 is 0. The predicted molar refractivity (Wildman–Crippen MR) is 115 cm³/mol. The quantitative estimate of drug-likeness (QED) is 0.798. The highest BCUT2D eigenvalue weighted by Gasteiger charge is 2.30. The lowest BCUT2D eigenvalue weighted by atomic mass is 9.93. The Bertz CT molecular complexity index is 909. The monoisotopic (exact) mass is 394 g/mol. The van der Waals surface area contributed by atoms with Crippen molar-refractivity contribution in [2.45, 2.75) is 26.2 Å². The molecule has 0 atom stereocenters. The molecule has 6 heteroatoms. The molecule has 1 aromatic carbocycles. The number of hydrogen-bond donors (Lipinski definition) is 0. The second kappa shape index (κ2) is 8.40. The molecule has 28 heavy (non-hydrogen) atoms. The van der Waals surface area contributed by atoms with E-state index in [0.29, 0.717) is 11.5 Å². The van der Waals surface area contributed by atoms with Crippen LogP contribution in [0.1, 0.15) is 30.9 Å². The van der Waals surface area contributed by atoms with Gasteiger partial charge in [0.15, 0.2) is 0 Å². The average molecular weight is 395 g/mol. The van der Waals surface area contributed by atoms with E-state index in [1.54, 1.807) is 6.20 Å². The van der Waals surface area contributed by atoms with E-state index in [1.165, 1.54) is 5.56 Å². The molecule has 0 radical (unpaired) electrons. The smallest absolute Gasteiger partial charge is 0.225 e. The van der Waals surface area contributed by atoms with Crippen LogP contribution in [0.5, 0.6) is 0 Å². The van der Waals surface area contributed by atoms with Crippen molar-refractivity contribution in [2.24, 2.45) is 5.92 Å². The fourth-order valence-electron chi connectivity index (χ4n) is 4.26. The SMILES string of the molecule is CCc1ccc2ncc(C#N)c(N3CCC(C(=O)N4CCSCC4)CC3)c2c1. The minimum atomic E-state index is 0.115. The first-order valence-electron chi connectivity index (χ1n) is 10.1. The second-order valence-corrected chi connectivity index (χ2v) is 8.76. The Hall–Kier alpha value is -2.26. The second-order valence-electron chi connectivity index (χ2n) is 7.54. The fourth-order valence-corrected chi connectivity index (χ4v) is 5.16. The number of nitrogens with zero attached hydrogens (tertiary/aromatic N) is 4. The molecule has 2 aliphatic heterocycles. The number of anilines is 1. The summed E-state index contributed by atoms with van der Waals surface area (Å²) in [6, 6.07) is 8.64. The molecule has 2 aliphatic rings. The van der Waals surface area contributed by atoms with Crippen LogP contribution in [-0.2, 0) is 11.2 Å². The highest BCUT2D eigenvalue weighted by atomic mass is 32.2. The molecule has 4 rings (SSSR count). The molecule has 0 spiro atoms. The minimum Gasteiger partial charge on any atom is -0.370 e. The van der Waals surface area contributed by atoms with Crippen molar-refractivity contribution in [1.82, 2.24) is 9.88 Å². The molecule has 0 unspecified atom stereocenters. The van der Waals surface area contributed by atoms with Crippen molar-refractivity contribution in [3.63, 3.8) is 0 Å². The van der Waals surface area contributed by atoms with Crippen LogP contribution in [0.2, 0.25) is 0 Å². The van der Waals surface area contributed by atoms with Crippen molar-refractivity contribution in [1.29, 1.82) is 5.26 Å². The number of hydrogen-bond acceptors (Lipinski definition) is 5. The van der Waals surface area contributed by atoms with Gasteiger partial charge in [0, 0.05) is 55.2 Å². The van der Waals surface area contributed by atoms with E-state index in [0.717, 1.165) is 73.5 Å². The number of pyridine rings is 1. The van der Waals surface area contributed by atoms with E-state index in [9.17, 15) is 10.1 Å². The molecule has 1 amide bonds. The number of carbonyl (C=O) groups excluding carboxylic acids is 1. The molecular weight excluding hydrogens is 368 g/mol. The van der Waals surface area contributed by atoms with Gasteiger partial charge in [-0.2, -0.15) is 17.0 Å². The molecule has 0 bridgehead atoms. The summed E-state index contributed by atoms with van der Waals surface area (Å²) in [5.41, 5.74) is 3.79. The van der Waals surface area contributed by atoms with Gasteiger partial charge in [-0.3, -0.25) is 9.78 Å². The highest BCUT2D eigenvalue weighted by Crippen LogP contribution is 2.33. The van der Waals surface area contributed by atoms with E-state index in [-0.39, 0.29) is 5.92 Å². The molecule has 2 aromatic rings. The summed E-state index contributed by atoms with van der Waals surface area (Å²) in [6.07, 6.45) is 4.35.